The van der Waals surface area contributed by atoms with E-state index in [0.717, 1.165) is 7.11 Å². The van der Waals surface area contributed by atoms with Crippen molar-refractivity contribution in [2.24, 2.45) is 0 Å². The summed E-state index contributed by atoms with van der Waals surface area (Å²) in [5.74, 6) is -3.76. The molecule has 2 rings (SSSR count). The number of benzene rings is 1. The summed E-state index contributed by atoms with van der Waals surface area (Å²) in [6, 6.07) is -1.05. The Labute approximate surface area is 137 Å². The fourth-order valence-electron chi connectivity index (χ4n) is 2.04. The molecular formula is C13H12F3N3O6. The highest BCUT2D eigenvalue weighted by Gasteiger charge is 2.43. The molecule has 0 atom stereocenters. The number of phenolic OH excluding ortho intramolecular Hbond substituents is 1. The van der Waals surface area contributed by atoms with Crippen molar-refractivity contribution in [3.8, 4) is 11.5 Å². The molecule has 0 unspecified atom stereocenters. The molecular weight excluding hydrogens is 351 g/mol. The van der Waals surface area contributed by atoms with E-state index in [1.807, 2.05) is 0 Å². The number of imide groups is 1. The van der Waals surface area contributed by atoms with Gasteiger partial charge in [0.05, 0.1) is 17.6 Å². The number of halogens is 3. The summed E-state index contributed by atoms with van der Waals surface area (Å²) in [4.78, 5) is 33.4. The van der Waals surface area contributed by atoms with Gasteiger partial charge in [0.1, 0.15) is 5.56 Å². The lowest BCUT2D eigenvalue weighted by atomic mass is 10.0. The second-order valence-electron chi connectivity index (χ2n) is 5.16. The van der Waals surface area contributed by atoms with Crippen molar-refractivity contribution in [2.45, 2.75) is 25.1 Å². The number of rotatable bonds is 4. The van der Waals surface area contributed by atoms with Crippen LogP contribution in [0.4, 0.5) is 23.7 Å². The minimum absolute atomic E-state index is 0.200. The number of hydrogen-bond donors (Lipinski definition) is 3. The highest BCUT2D eigenvalue weighted by atomic mass is 19.4. The van der Waals surface area contributed by atoms with E-state index in [9.17, 15) is 38.0 Å². The number of alkyl halides is 3. The van der Waals surface area contributed by atoms with Gasteiger partial charge in [0.2, 0.25) is 5.75 Å². The van der Waals surface area contributed by atoms with E-state index < -0.39 is 51.4 Å². The van der Waals surface area contributed by atoms with Gasteiger partial charge in [-0.1, -0.05) is 0 Å². The summed E-state index contributed by atoms with van der Waals surface area (Å²) >= 11 is 0. The van der Waals surface area contributed by atoms with Crippen molar-refractivity contribution in [1.82, 2.24) is 10.6 Å². The van der Waals surface area contributed by atoms with Crippen molar-refractivity contribution in [3.63, 3.8) is 0 Å². The molecule has 1 saturated carbocycles. The Morgan fingerprint density at radius 1 is 1.40 bits per heavy atom. The number of phenols is 1. The van der Waals surface area contributed by atoms with E-state index in [4.69, 9.17) is 0 Å². The van der Waals surface area contributed by atoms with E-state index in [2.05, 4.69) is 10.1 Å². The Morgan fingerprint density at radius 2 is 2.00 bits per heavy atom. The largest absolute Gasteiger partial charge is 0.499 e. The minimum atomic E-state index is -5.18. The SMILES string of the molecule is COc1cc(C(F)(F)F)c(C(=O)NC(=O)NC2CC2)c([N+](=O)[O-])c1O. The lowest BCUT2D eigenvalue weighted by Crippen LogP contribution is -2.41. The molecule has 0 radical (unpaired) electrons. The highest BCUT2D eigenvalue weighted by molar-refractivity contribution is 6.08. The molecule has 1 aliphatic carbocycles. The molecule has 1 fully saturated rings. The van der Waals surface area contributed by atoms with Crippen LogP contribution in [0.2, 0.25) is 0 Å². The molecule has 0 heterocycles. The summed E-state index contributed by atoms with van der Waals surface area (Å²) in [5, 5.41) is 24.7. The molecule has 1 aromatic rings. The third-order valence-corrected chi connectivity index (χ3v) is 3.31. The standard InChI is InChI=1S/C13H12F3N3O6/c1-25-7-4-6(13(14,15)16)8(9(10(7)20)19(23)24)11(21)18-12(22)17-5-2-3-5/h4-5,20H,2-3H2,1H3,(H2,17,18,21,22). The molecule has 3 amide bonds. The van der Waals surface area contributed by atoms with Gasteiger partial charge in [0, 0.05) is 6.04 Å². The summed E-state index contributed by atoms with van der Waals surface area (Å²) in [7, 11) is 0.891. The smallest absolute Gasteiger partial charge is 0.417 e. The molecule has 12 heteroatoms. The second-order valence-corrected chi connectivity index (χ2v) is 5.16. The zero-order valence-corrected chi connectivity index (χ0v) is 12.6. The number of methoxy groups -OCH3 is 1. The van der Waals surface area contributed by atoms with Gasteiger partial charge in [-0.25, -0.2) is 4.79 Å². The molecule has 0 aliphatic heterocycles. The fourth-order valence-corrected chi connectivity index (χ4v) is 2.04. The number of nitrogens with one attached hydrogen (secondary N) is 2. The first kappa shape index (κ1) is 18.3. The van der Waals surface area contributed by atoms with Crippen molar-refractivity contribution >= 4 is 17.6 Å². The van der Waals surface area contributed by atoms with Crippen LogP contribution in [0.15, 0.2) is 6.07 Å². The Bertz CT molecular complexity index is 746. The average molecular weight is 363 g/mol. The van der Waals surface area contributed by atoms with Gasteiger partial charge in [-0.15, -0.1) is 0 Å². The molecule has 0 bridgehead atoms. The molecule has 25 heavy (non-hydrogen) atoms. The molecule has 9 nitrogen and oxygen atoms in total. The van der Waals surface area contributed by atoms with Gasteiger partial charge in [0.25, 0.3) is 5.91 Å². The quantitative estimate of drug-likeness (QED) is 0.553. The van der Waals surface area contributed by atoms with Crippen LogP contribution >= 0.6 is 0 Å². The molecule has 0 spiro atoms. The Balaban J connectivity index is 2.55. The number of amides is 3. The summed E-state index contributed by atoms with van der Waals surface area (Å²) in [6.45, 7) is 0. The van der Waals surface area contributed by atoms with E-state index in [0.29, 0.717) is 12.8 Å². The van der Waals surface area contributed by atoms with Crippen LogP contribution in [0, 0.1) is 10.1 Å². The third-order valence-electron chi connectivity index (χ3n) is 3.31. The molecule has 1 aromatic carbocycles. The number of nitrogens with zero attached hydrogens (tertiary/aromatic N) is 1. The molecule has 0 saturated heterocycles. The average Bonchev–Trinajstić information content (AvgIpc) is 3.28. The van der Waals surface area contributed by atoms with Gasteiger partial charge >= 0.3 is 17.9 Å². The van der Waals surface area contributed by atoms with E-state index in [-0.39, 0.29) is 12.1 Å². The fraction of sp³-hybridized carbons (Fsp3) is 0.385. The molecule has 3 N–H and O–H groups in total. The summed E-state index contributed by atoms with van der Waals surface area (Å²) < 4.78 is 44.1. The van der Waals surface area contributed by atoms with Crippen LogP contribution < -0.4 is 15.4 Å². The number of urea groups is 1. The number of ether oxygens (including phenoxy) is 1. The van der Waals surface area contributed by atoms with Gasteiger partial charge in [-0.3, -0.25) is 20.2 Å². The second kappa shape index (κ2) is 6.45. The summed E-state index contributed by atoms with van der Waals surface area (Å²) in [6.07, 6.45) is -3.87. The van der Waals surface area contributed by atoms with Crippen molar-refractivity contribution < 1.29 is 37.5 Å². The number of nitro benzene ring substituents is 1. The zero-order valence-electron chi connectivity index (χ0n) is 12.6. The van der Waals surface area contributed by atoms with Crippen LogP contribution in [0.1, 0.15) is 28.8 Å². The van der Waals surface area contributed by atoms with Gasteiger partial charge in [0.15, 0.2) is 5.75 Å². The van der Waals surface area contributed by atoms with Crippen LogP contribution in [-0.2, 0) is 6.18 Å². The molecule has 1 aliphatic rings. The summed E-state index contributed by atoms with van der Waals surface area (Å²) in [5.41, 5.74) is -4.71. The van der Waals surface area contributed by atoms with Crippen molar-refractivity contribution in [3.05, 3.63) is 27.3 Å². The number of carbonyl (C=O) groups excluding carboxylic acids is 2. The Hall–Kier alpha value is -3.05. The first-order valence-electron chi connectivity index (χ1n) is 6.83. The predicted octanol–water partition coefficient (Wildman–Crippen LogP) is 1.93. The van der Waals surface area contributed by atoms with Crippen molar-refractivity contribution in [1.29, 1.82) is 0 Å². The van der Waals surface area contributed by atoms with E-state index >= 15 is 0 Å². The normalized spacial score (nSPS) is 13.9. The van der Waals surface area contributed by atoms with Crippen molar-refractivity contribution in [2.75, 3.05) is 7.11 Å². The maximum Gasteiger partial charge on any atom is 0.417 e. The molecule has 0 aromatic heterocycles. The van der Waals surface area contributed by atoms with E-state index in [1.165, 1.54) is 0 Å². The van der Waals surface area contributed by atoms with Gasteiger partial charge in [-0.2, -0.15) is 13.2 Å². The van der Waals surface area contributed by atoms with Crippen LogP contribution in [0.25, 0.3) is 0 Å². The van der Waals surface area contributed by atoms with Gasteiger partial charge < -0.3 is 15.2 Å². The first-order valence-corrected chi connectivity index (χ1v) is 6.83. The number of carbonyl (C=O) groups is 2. The minimum Gasteiger partial charge on any atom is -0.499 e. The number of aromatic hydroxyl groups is 1. The highest BCUT2D eigenvalue weighted by Crippen LogP contribution is 2.45. The maximum atomic E-state index is 13.2. The topological polar surface area (TPSA) is 131 Å². The number of nitro groups is 1. The first-order chi connectivity index (χ1) is 11.6. The maximum absolute atomic E-state index is 13.2. The zero-order chi connectivity index (χ0) is 18.9. The Kier molecular flexibility index (Phi) is 4.72. The third kappa shape index (κ3) is 3.89. The number of hydrogen-bond acceptors (Lipinski definition) is 6. The van der Waals surface area contributed by atoms with Crippen LogP contribution in [-0.4, -0.2) is 35.1 Å². The Morgan fingerprint density at radius 3 is 2.44 bits per heavy atom. The lowest BCUT2D eigenvalue weighted by molar-refractivity contribution is -0.386. The van der Waals surface area contributed by atoms with Crippen LogP contribution in [0.3, 0.4) is 0 Å². The monoisotopic (exact) mass is 363 g/mol. The van der Waals surface area contributed by atoms with Crippen LogP contribution in [0.5, 0.6) is 11.5 Å². The lowest BCUT2D eigenvalue weighted by Gasteiger charge is -2.15. The van der Waals surface area contributed by atoms with Gasteiger partial charge in [-0.05, 0) is 18.9 Å². The van der Waals surface area contributed by atoms with E-state index in [1.54, 1.807) is 5.32 Å². The molecule has 136 valence electrons. The predicted molar refractivity (Wildman–Crippen MR) is 75.3 cm³/mol.